The normalized spacial score (nSPS) is 20.9. The number of anilines is 1. The maximum Gasteiger partial charge on any atom is 0.238 e. The Kier molecular flexibility index (Phi) is 4.42. The first-order chi connectivity index (χ1) is 14.6. The summed E-state index contributed by atoms with van der Waals surface area (Å²) in [4.78, 5) is 30.4. The second kappa shape index (κ2) is 7.13. The number of carbonyl (C=O) groups is 2. The number of carbonyl (C=O) groups excluding carboxylic acids is 2. The fraction of sp³-hybridized carbons (Fsp3) is 0.292. The van der Waals surface area contributed by atoms with Crippen LogP contribution in [0.1, 0.15) is 23.6 Å². The van der Waals surface area contributed by atoms with Crippen molar-refractivity contribution in [2.45, 2.75) is 24.3 Å². The van der Waals surface area contributed by atoms with Crippen molar-refractivity contribution in [3.05, 3.63) is 84.2 Å². The summed E-state index contributed by atoms with van der Waals surface area (Å²) in [7, 11) is 1.80. The molecule has 2 amide bonds. The van der Waals surface area contributed by atoms with Gasteiger partial charge in [-0.3, -0.25) is 14.3 Å². The predicted molar refractivity (Wildman–Crippen MR) is 114 cm³/mol. The number of hydrogen-bond donors (Lipinski definition) is 0. The summed E-state index contributed by atoms with van der Waals surface area (Å²) in [6, 6.07) is 19.9. The summed E-state index contributed by atoms with van der Waals surface area (Å²) in [5.74, 6) is 0.0119. The Balaban J connectivity index is 1.44. The summed E-state index contributed by atoms with van der Waals surface area (Å²) in [6.07, 6.45) is 4.36. The second-order valence-electron chi connectivity index (χ2n) is 8.24. The van der Waals surface area contributed by atoms with Gasteiger partial charge < -0.3 is 9.80 Å². The Morgan fingerprint density at radius 1 is 1.07 bits per heavy atom. The van der Waals surface area contributed by atoms with E-state index in [2.05, 4.69) is 5.10 Å². The van der Waals surface area contributed by atoms with Crippen LogP contribution in [0.4, 0.5) is 5.69 Å². The van der Waals surface area contributed by atoms with Crippen molar-refractivity contribution in [2.24, 2.45) is 0 Å². The lowest BCUT2D eigenvalue weighted by molar-refractivity contribution is -0.141. The Hall–Kier alpha value is -3.41. The van der Waals surface area contributed by atoms with E-state index in [1.54, 1.807) is 18.1 Å². The molecular weight excluding hydrogens is 376 g/mol. The van der Waals surface area contributed by atoms with E-state index in [4.69, 9.17) is 0 Å². The van der Waals surface area contributed by atoms with Gasteiger partial charge in [0.2, 0.25) is 11.8 Å². The Morgan fingerprint density at radius 3 is 2.53 bits per heavy atom. The van der Waals surface area contributed by atoms with Crippen molar-refractivity contribution in [2.75, 3.05) is 25.0 Å². The van der Waals surface area contributed by atoms with Crippen LogP contribution in [0.3, 0.4) is 0 Å². The number of nitrogens with zero attached hydrogens (tertiary/aromatic N) is 4. The van der Waals surface area contributed by atoms with Crippen molar-refractivity contribution in [3.63, 3.8) is 0 Å². The number of benzene rings is 2. The van der Waals surface area contributed by atoms with E-state index in [0.29, 0.717) is 19.5 Å². The SMILES string of the molecule is CN1C(=O)C(CC(=O)N2CC(n3cccn3)C2)(Cc2ccccc2)c2ccccc21. The lowest BCUT2D eigenvalue weighted by Crippen LogP contribution is -2.53. The average Bonchev–Trinajstić information content (AvgIpc) is 3.31. The van der Waals surface area contributed by atoms with Crippen LogP contribution >= 0.6 is 0 Å². The molecule has 3 aromatic rings. The van der Waals surface area contributed by atoms with Gasteiger partial charge in [-0.1, -0.05) is 48.5 Å². The summed E-state index contributed by atoms with van der Waals surface area (Å²) >= 11 is 0. The third-order valence-corrected chi connectivity index (χ3v) is 6.41. The van der Waals surface area contributed by atoms with Gasteiger partial charge in [0.1, 0.15) is 0 Å². The first kappa shape index (κ1) is 18.6. The summed E-state index contributed by atoms with van der Waals surface area (Å²) in [6.45, 7) is 1.27. The van der Waals surface area contributed by atoms with Gasteiger partial charge in [0.15, 0.2) is 0 Å². The molecule has 0 N–H and O–H groups in total. The zero-order chi connectivity index (χ0) is 20.7. The fourth-order valence-electron chi connectivity index (χ4n) is 4.76. The first-order valence-corrected chi connectivity index (χ1v) is 10.3. The lowest BCUT2D eigenvalue weighted by atomic mass is 9.73. The third-order valence-electron chi connectivity index (χ3n) is 6.41. The summed E-state index contributed by atoms with van der Waals surface area (Å²) in [5, 5.41) is 4.27. The van der Waals surface area contributed by atoms with Gasteiger partial charge in [-0.05, 0) is 29.7 Å². The molecule has 6 heteroatoms. The van der Waals surface area contributed by atoms with E-state index >= 15 is 0 Å². The van der Waals surface area contributed by atoms with Gasteiger partial charge in [0, 0.05) is 44.6 Å². The maximum atomic E-state index is 13.5. The minimum atomic E-state index is -0.874. The maximum absolute atomic E-state index is 13.5. The van der Waals surface area contributed by atoms with Crippen molar-refractivity contribution < 1.29 is 9.59 Å². The quantitative estimate of drug-likeness (QED) is 0.662. The van der Waals surface area contributed by atoms with E-state index in [9.17, 15) is 9.59 Å². The fourth-order valence-corrected chi connectivity index (χ4v) is 4.76. The van der Waals surface area contributed by atoms with Crippen molar-refractivity contribution >= 4 is 17.5 Å². The van der Waals surface area contributed by atoms with Crippen LogP contribution in [0, 0.1) is 0 Å². The number of fused-ring (bicyclic) bond motifs is 1. The van der Waals surface area contributed by atoms with E-state index in [-0.39, 0.29) is 24.3 Å². The smallest absolute Gasteiger partial charge is 0.238 e. The van der Waals surface area contributed by atoms with Crippen molar-refractivity contribution in [1.82, 2.24) is 14.7 Å². The van der Waals surface area contributed by atoms with E-state index in [1.807, 2.05) is 76.4 Å². The van der Waals surface area contributed by atoms with Crippen LogP contribution in [0.2, 0.25) is 0 Å². The highest BCUT2D eigenvalue weighted by molar-refractivity contribution is 6.10. The monoisotopic (exact) mass is 400 g/mol. The number of likely N-dealkylation sites (N-methyl/N-ethyl adjacent to an activating group) is 1. The van der Waals surface area contributed by atoms with Crippen LogP contribution in [-0.2, 0) is 21.4 Å². The Labute approximate surface area is 175 Å². The highest BCUT2D eigenvalue weighted by Gasteiger charge is 2.51. The van der Waals surface area contributed by atoms with Crippen LogP contribution < -0.4 is 4.90 Å². The number of aromatic nitrogens is 2. The second-order valence-corrected chi connectivity index (χ2v) is 8.24. The molecule has 1 unspecified atom stereocenters. The van der Waals surface area contributed by atoms with E-state index < -0.39 is 5.41 Å². The molecule has 1 atom stereocenters. The van der Waals surface area contributed by atoms with Gasteiger partial charge >= 0.3 is 0 Å². The van der Waals surface area contributed by atoms with Gasteiger partial charge in [0.25, 0.3) is 0 Å². The topological polar surface area (TPSA) is 58.4 Å². The first-order valence-electron chi connectivity index (χ1n) is 10.3. The summed E-state index contributed by atoms with van der Waals surface area (Å²) < 4.78 is 1.90. The molecule has 0 saturated carbocycles. The molecule has 30 heavy (non-hydrogen) atoms. The molecule has 1 fully saturated rings. The molecule has 2 aromatic carbocycles. The van der Waals surface area contributed by atoms with Crippen LogP contribution in [0.25, 0.3) is 0 Å². The molecule has 5 rings (SSSR count). The lowest BCUT2D eigenvalue weighted by Gasteiger charge is -2.41. The molecule has 1 aromatic heterocycles. The summed E-state index contributed by atoms with van der Waals surface area (Å²) in [5.41, 5.74) is 2.02. The van der Waals surface area contributed by atoms with Crippen LogP contribution in [-0.4, -0.2) is 46.6 Å². The van der Waals surface area contributed by atoms with Crippen molar-refractivity contribution in [1.29, 1.82) is 0 Å². The van der Waals surface area contributed by atoms with Crippen LogP contribution in [0.5, 0.6) is 0 Å². The Bertz CT molecular complexity index is 1070. The molecule has 0 spiro atoms. The molecule has 2 aliphatic heterocycles. The molecule has 3 heterocycles. The van der Waals surface area contributed by atoms with Crippen molar-refractivity contribution in [3.8, 4) is 0 Å². The third kappa shape index (κ3) is 2.91. The zero-order valence-electron chi connectivity index (χ0n) is 16.9. The highest BCUT2D eigenvalue weighted by Crippen LogP contribution is 2.46. The molecule has 0 radical (unpaired) electrons. The van der Waals surface area contributed by atoms with Gasteiger partial charge in [-0.15, -0.1) is 0 Å². The minimum absolute atomic E-state index is 0.00921. The number of likely N-dealkylation sites (tertiary alicyclic amines) is 1. The van der Waals surface area contributed by atoms with E-state index in [0.717, 1.165) is 16.8 Å². The standard InChI is InChI=1S/C24H24N4O2/c1-26-21-11-6-5-10-20(21)24(23(26)30,14-18-8-3-2-4-9-18)15-22(29)27-16-19(17-27)28-13-7-12-25-28/h2-13,19H,14-17H2,1H3. The number of para-hydroxylation sites is 1. The largest absolute Gasteiger partial charge is 0.338 e. The zero-order valence-corrected chi connectivity index (χ0v) is 16.9. The molecule has 6 nitrogen and oxygen atoms in total. The Morgan fingerprint density at radius 2 is 1.80 bits per heavy atom. The number of hydrogen-bond acceptors (Lipinski definition) is 3. The molecule has 0 aliphatic carbocycles. The van der Waals surface area contributed by atoms with E-state index in [1.165, 1.54) is 0 Å². The van der Waals surface area contributed by atoms with Gasteiger partial charge in [0.05, 0.1) is 11.5 Å². The molecule has 2 aliphatic rings. The van der Waals surface area contributed by atoms with Crippen LogP contribution in [0.15, 0.2) is 73.1 Å². The van der Waals surface area contributed by atoms with Gasteiger partial charge in [-0.25, -0.2) is 0 Å². The van der Waals surface area contributed by atoms with Gasteiger partial charge in [-0.2, -0.15) is 5.10 Å². The molecule has 1 saturated heterocycles. The number of amides is 2. The molecular formula is C24H24N4O2. The highest BCUT2D eigenvalue weighted by atomic mass is 16.2. The minimum Gasteiger partial charge on any atom is -0.338 e. The number of rotatable bonds is 5. The average molecular weight is 400 g/mol. The molecule has 152 valence electrons. The predicted octanol–water partition coefficient (Wildman–Crippen LogP) is 2.81. The molecule has 0 bridgehead atoms.